The summed E-state index contributed by atoms with van der Waals surface area (Å²) in [5.74, 6) is 0. The molecular weight excluding hydrogens is 601 g/mol. The minimum Gasteiger partial charge on any atom is -0.0620 e. The normalized spacial score (nSPS) is 16.4. The van der Waals surface area contributed by atoms with Gasteiger partial charge in [0.2, 0.25) is 0 Å². The average Bonchev–Trinajstić information content (AvgIpc) is 3.22. The number of benzene rings is 5. The molecule has 0 amide bonds. The molecule has 260 valence electrons. The van der Waals surface area contributed by atoms with Gasteiger partial charge in [-0.1, -0.05) is 121 Å². The lowest BCUT2D eigenvalue weighted by molar-refractivity contribution is 0.685. The van der Waals surface area contributed by atoms with Gasteiger partial charge in [0.25, 0.3) is 0 Å². The van der Waals surface area contributed by atoms with Crippen LogP contribution in [0.15, 0.2) is 121 Å². The molecular formula is C50H60. The van der Waals surface area contributed by atoms with Crippen molar-refractivity contribution in [3.05, 3.63) is 177 Å². The molecule has 5 aliphatic carbocycles. The largest absolute Gasteiger partial charge is 0.0620 e. The van der Waals surface area contributed by atoms with Crippen molar-refractivity contribution in [2.45, 2.75) is 128 Å². The van der Waals surface area contributed by atoms with Crippen molar-refractivity contribution in [2.75, 3.05) is 0 Å². The fraction of sp³-hybridized carbons (Fsp3) is 0.400. The van der Waals surface area contributed by atoms with Gasteiger partial charge in [-0.05, 0) is 184 Å². The molecule has 0 nitrogen and oxygen atoms in total. The first-order chi connectivity index (χ1) is 24.8. The van der Waals surface area contributed by atoms with Gasteiger partial charge in [-0.3, -0.25) is 0 Å². The Morgan fingerprint density at radius 2 is 0.260 bits per heavy atom. The van der Waals surface area contributed by atoms with Crippen molar-refractivity contribution >= 4 is 0 Å². The molecule has 10 rings (SSSR count). The Morgan fingerprint density at radius 3 is 0.360 bits per heavy atom. The molecule has 0 heteroatoms. The first-order valence-electron chi connectivity index (χ1n) is 20.2. The van der Waals surface area contributed by atoms with Gasteiger partial charge in [0.05, 0.1) is 0 Å². The summed E-state index contributed by atoms with van der Waals surface area (Å²) in [6.45, 7) is 0. The lowest BCUT2D eigenvalue weighted by Gasteiger charge is -2.13. The number of rotatable bonds is 0. The van der Waals surface area contributed by atoms with Crippen molar-refractivity contribution in [3.63, 3.8) is 0 Å². The van der Waals surface area contributed by atoms with Crippen LogP contribution in [0.25, 0.3) is 0 Å². The summed E-state index contributed by atoms with van der Waals surface area (Å²) in [6, 6.07) is 44.0. The van der Waals surface area contributed by atoms with Crippen LogP contribution in [0.3, 0.4) is 0 Å². The molecule has 5 aromatic rings. The predicted molar refractivity (Wildman–Crippen MR) is 215 cm³/mol. The highest BCUT2D eigenvalue weighted by molar-refractivity contribution is 5.32. The van der Waals surface area contributed by atoms with Crippen LogP contribution >= 0.6 is 0 Å². The third kappa shape index (κ3) is 11.1. The average molecular weight is 661 g/mol. The van der Waals surface area contributed by atoms with Gasteiger partial charge in [-0.25, -0.2) is 0 Å². The number of fused-ring (bicyclic) bond motifs is 5. The third-order valence-corrected chi connectivity index (χ3v) is 11.3. The second-order valence-corrected chi connectivity index (χ2v) is 14.9. The van der Waals surface area contributed by atoms with E-state index in [1.165, 1.54) is 128 Å². The molecule has 0 spiro atoms. The zero-order chi connectivity index (χ0) is 34.1. The second kappa shape index (κ2) is 20.1. The molecule has 0 aliphatic heterocycles. The van der Waals surface area contributed by atoms with Gasteiger partial charge < -0.3 is 0 Å². The Morgan fingerprint density at radius 1 is 0.160 bits per heavy atom. The molecule has 0 N–H and O–H groups in total. The van der Waals surface area contributed by atoms with Crippen LogP contribution in [0, 0.1) is 0 Å². The van der Waals surface area contributed by atoms with Gasteiger partial charge in [0.15, 0.2) is 0 Å². The highest BCUT2D eigenvalue weighted by Crippen LogP contribution is 2.23. The molecule has 0 bridgehead atoms. The smallest absolute Gasteiger partial charge is 0.0276 e. The zero-order valence-electron chi connectivity index (χ0n) is 30.7. The molecule has 0 aromatic heterocycles. The van der Waals surface area contributed by atoms with Crippen LogP contribution in [-0.2, 0) is 64.2 Å². The van der Waals surface area contributed by atoms with Gasteiger partial charge >= 0.3 is 0 Å². The molecule has 0 fully saturated rings. The quantitative estimate of drug-likeness (QED) is 0.155. The van der Waals surface area contributed by atoms with E-state index in [0.29, 0.717) is 0 Å². The van der Waals surface area contributed by atoms with E-state index in [2.05, 4.69) is 121 Å². The minimum absolute atomic E-state index is 1.30. The summed E-state index contributed by atoms with van der Waals surface area (Å²) < 4.78 is 0. The summed E-state index contributed by atoms with van der Waals surface area (Å²) in [5, 5.41) is 0. The first-order valence-corrected chi connectivity index (χ1v) is 20.2. The molecule has 0 saturated heterocycles. The van der Waals surface area contributed by atoms with E-state index in [9.17, 15) is 0 Å². The molecule has 50 heavy (non-hydrogen) atoms. The summed E-state index contributed by atoms with van der Waals surface area (Å²) >= 11 is 0. The van der Waals surface area contributed by atoms with Gasteiger partial charge in [0, 0.05) is 0 Å². The Balaban J connectivity index is 0.000000108. The van der Waals surface area contributed by atoms with Crippen LogP contribution in [0.4, 0.5) is 0 Å². The second-order valence-electron chi connectivity index (χ2n) is 14.9. The number of aryl methyl sites for hydroxylation is 10. The van der Waals surface area contributed by atoms with Crippen molar-refractivity contribution in [1.82, 2.24) is 0 Å². The number of hydrogen-bond donors (Lipinski definition) is 0. The van der Waals surface area contributed by atoms with E-state index in [1.807, 2.05) is 0 Å². The van der Waals surface area contributed by atoms with Gasteiger partial charge in [0.1, 0.15) is 0 Å². The maximum absolute atomic E-state index is 2.26. The monoisotopic (exact) mass is 660 g/mol. The molecule has 0 saturated carbocycles. The van der Waals surface area contributed by atoms with Crippen LogP contribution < -0.4 is 0 Å². The van der Waals surface area contributed by atoms with Crippen molar-refractivity contribution in [2.24, 2.45) is 0 Å². The van der Waals surface area contributed by atoms with Crippen LogP contribution in [-0.4, -0.2) is 0 Å². The topological polar surface area (TPSA) is 0 Å². The molecule has 0 heterocycles. The summed E-state index contributed by atoms with van der Waals surface area (Å²) in [6.07, 6.45) is 26.9. The van der Waals surface area contributed by atoms with E-state index in [1.54, 1.807) is 55.6 Å². The molecule has 0 atom stereocenters. The van der Waals surface area contributed by atoms with Gasteiger partial charge in [-0.15, -0.1) is 0 Å². The zero-order valence-corrected chi connectivity index (χ0v) is 30.7. The fourth-order valence-corrected chi connectivity index (χ4v) is 8.38. The summed E-state index contributed by atoms with van der Waals surface area (Å²) in [5.41, 5.74) is 15.8. The van der Waals surface area contributed by atoms with E-state index < -0.39 is 0 Å². The van der Waals surface area contributed by atoms with Gasteiger partial charge in [-0.2, -0.15) is 0 Å². The van der Waals surface area contributed by atoms with E-state index >= 15 is 0 Å². The maximum atomic E-state index is 2.26. The first kappa shape index (κ1) is 35.9. The Hall–Kier alpha value is -3.90. The van der Waals surface area contributed by atoms with Crippen LogP contribution in [0.5, 0.6) is 0 Å². The van der Waals surface area contributed by atoms with Crippen LogP contribution in [0.2, 0.25) is 0 Å². The highest BCUT2D eigenvalue weighted by atomic mass is 14.1. The molecule has 0 radical (unpaired) electrons. The lowest BCUT2D eigenvalue weighted by atomic mass is 9.92. The van der Waals surface area contributed by atoms with Crippen LogP contribution in [0.1, 0.15) is 120 Å². The Labute approximate surface area is 304 Å². The molecule has 0 unspecified atom stereocenters. The lowest BCUT2D eigenvalue weighted by Crippen LogP contribution is -2.00. The Bertz CT molecular complexity index is 1300. The minimum atomic E-state index is 1.30. The summed E-state index contributed by atoms with van der Waals surface area (Å²) in [4.78, 5) is 0. The maximum Gasteiger partial charge on any atom is -0.0276 e. The van der Waals surface area contributed by atoms with E-state index in [0.717, 1.165) is 0 Å². The van der Waals surface area contributed by atoms with Crippen molar-refractivity contribution < 1.29 is 0 Å². The number of hydrogen-bond acceptors (Lipinski definition) is 0. The fourth-order valence-electron chi connectivity index (χ4n) is 8.38. The molecule has 5 aromatic carbocycles. The molecule has 5 aliphatic rings. The standard InChI is InChI=1S/5C10H12/c5*1-2-6-10-8-4-3-7-9(10)5-1/h5*1-2,5-6H,3-4,7-8H2. The SMILES string of the molecule is c1ccc2c(c1)CCCC2.c1ccc2c(c1)CCCC2.c1ccc2c(c1)CCCC2.c1ccc2c(c1)CCCC2.c1ccc2c(c1)CCCC2. The predicted octanol–water partition coefficient (Wildman–Crippen LogP) is 12.8. The third-order valence-electron chi connectivity index (χ3n) is 11.3. The van der Waals surface area contributed by atoms with E-state index in [-0.39, 0.29) is 0 Å². The van der Waals surface area contributed by atoms with E-state index in [4.69, 9.17) is 0 Å². The van der Waals surface area contributed by atoms with Crippen molar-refractivity contribution in [3.8, 4) is 0 Å². The Kier molecular flexibility index (Phi) is 14.4. The van der Waals surface area contributed by atoms with Crippen molar-refractivity contribution in [1.29, 1.82) is 0 Å². The summed E-state index contributed by atoms with van der Waals surface area (Å²) in [7, 11) is 0. The highest BCUT2D eigenvalue weighted by Gasteiger charge is 2.09.